The Morgan fingerprint density at radius 3 is 2.42 bits per heavy atom. The lowest BCUT2D eigenvalue weighted by molar-refractivity contribution is 0.122. The second kappa shape index (κ2) is 6.60. The molecule has 0 bridgehead atoms. The van der Waals surface area contributed by atoms with Crippen molar-refractivity contribution >= 4 is 5.96 Å². The topological polar surface area (TPSA) is 70.6 Å². The maximum Gasteiger partial charge on any atom is 0.189 e. The van der Waals surface area contributed by atoms with Crippen molar-refractivity contribution in [3.63, 3.8) is 0 Å². The summed E-state index contributed by atoms with van der Waals surface area (Å²) in [7, 11) is 0. The first kappa shape index (κ1) is 14.6. The Morgan fingerprint density at radius 2 is 1.84 bits per heavy atom. The zero-order valence-corrected chi connectivity index (χ0v) is 12.2. The number of nitrogens with one attached hydrogen (secondary N) is 1. The van der Waals surface area contributed by atoms with Crippen LogP contribution in [0.2, 0.25) is 0 Å². The predicted molar refractivity (Wildman–Crippen MR) is 79.1 cm³/mol. The lowest BCUT2D eigenvalue weighted by Crippen LogP contribution is -2.55. The molecule has 0 radical (unpaired) electrons. The molecule has 19 heavy (non-hydrogen) atoms. The van der Waals surface area contributed by atoms with Crippen LogP contribution in [0, 0.1) is 5.92 Å². The van der Waals surface area contributed by atoms with Crippen LogP contribution in [0.5, 0.6) is 0 Å². The van der Waals surface area contributed by atoms with Crippen LogP contribution in [0.25, 0.3) is 0 Å². The third-order valence-corrected chi connectivity index (χ3v) is 4.82. The summed E-state index contributed by atoms with van der Waals surface area (Å²) in [4.78, 5) is 4.61. The molecular weight excluding hydrogens is 238 g/mol. The van der Waals surface area contributed by atoms with Crippen molar-refractivity contribution in [1.29, 1.82) is 0 Å². The molecule has 4 N–H and O–H groups in total. The van der Waals surface area contributed by atoms with Crippen LogP contribution in [0.1, 0.15) is 64.7 Å². The number of aliphatic hydroxyl groups is 1. The summed E-state index contributed by atoms with van der Waals surface area (Å²) in [6.07, 6.45) is 10.5. The lowest BCUT2D eigenvalue weighted by Gasteiger charge is -2.39. The summed E-state index contributed by atoms with van der Waals surface area (Å²) >= 11 is 0. The molecule has 0 atom stereocenters. The molecule has 2 rings (SSSR count). The molecule has 110 valence electrons. The molecule has 2 saturated carbocycles. The van der Waals surface area contributed by atoms with Crippen LogP contribution >= 0.6 is 0 Å². The number of guanidine groups is 1. The molecule has 2 aliphatic rings. The fourth-order valence-corrected chi connectivity index (χ4v) is 3.35. The van der Waals surface area contributed by atoms with E-state index in [1.165, 1.54) is 19.3 Å². The van der Waals surface area contributed by atoms with Gasteiger partial charge in [0, 0.05) is 0 Å². The number of rotatable bonds is 3. The van der Waals surface area contributed by atoms with Gasteiger partial charge in [0.05, 0.1) is 18.2 Å². The van der Waals surface area contributed by atoms with Crippen LogP contribution in [-0.2, 0) is 0 Å². The highest BCUT2D eigenvalue weighted by Crippen LogP contribution is 2.31. The minimum Gasteiger partial charge on any atom is -0.394 e. The lowest BCUT2D eigenvalue weighted by atomic mass is 9.77. The van der Waals surface area contributed by atoms with E-state index in [-0.39, 0.29) is 12.1 Å². The highest BCUT2D eigenvalue weighted by molar-refractivity contribution is 5.79. The molecule has 0 heterocycles. The zero-order valence-electron chi connectivity index (χ0n) is 12.2. The SMILES string of the molecule is CC1CCC(CO)(NC(N)=NC2CCCCC2)CC1. The maximum absolute atomic E-state index is 9.71. The third kappa shape index (κ3) is 4.10. The molecule has 0 aliphatic heterocycles. The van der Waals surface area contributed by atoms with Gasteiger partial charge in [0.1, 0.15) is 0 Å². The quantitative estimate of drug-likeness (QED) is 0.542. The van der Waals surface area contributed by atoms with Gasteiger partial charge in [-0.05, 0) is 44.4 Å². The van der Waals surface area contributed by atoms with Gasteiger partial charge >= 0.3 is 0 Å². The first-order valence-corrected chi connectivity index (χ1v) is 7.86. The van der Waals surface area contributed by atoms with Crippen LogP contribution in [0.4, 0.5) is 0 Å². The van der Waals surface area contributed by atoms with Crippen molar-refractivity contribution in [1.82, 2.24) is 5.32 Å². The zero-order chi connectivity index (χ0) is 13.7. The Kier molecular flexibility index (Phi) is 5.08. The molecule has 2 aliphatic carbocycles. The molecule has 0 amide bonds. The van der Waals surface area contributed by atoms with Gasteiger partial charge in [-0.15, -0.1) is 0 Å². The highest BCUT2D eigenvalue weighted by atomic mass is 16.3. The first-order chi connectivity index (χ1) is 9.13. The van der Waals surface area contributed by atoms with Gasteiger partial charge in [-0.25, -0.2) is 0 Å². The predicted octanol–water partition coefficient (Wildman–Crippen LogP) is 2.16. The maximum atomic E-state index is 9.71. The molecule has 4 heteroatoms. The summed E-state index contributed by atoms with van der Waals surface area (Å²) in [6.45, 7) is 2.43. The number of nitrogens with two attached hydrogens (primary N) is 1. The fraction of sp³-hybridized carbons (Fsp3) is 0.933. The molecule has 2 fully saturated rings. The van der Waals surface area contributed by atoms with Gasteiger partial charge in [0.2, 0.25) is 0 Å². The highest BCUT2D eigenvalue weighted by Gasteiger charge is 2.34. The van der Waals surface area contributed by atoms with E-state index >= 15 is 0 Å². The standard InChI is InChI=1S/C15H29N3O/c1-12-7-9-15(11-19,10-8-12)18-14(16)17-13-5-3-2-4-6-13/h12-13,19H,2-11H2,1H3,(H3,16,17,18). The van der Waals surface area contributed by atoms with E-state index in [1.807, 2.05) is 0 Å². The second-order valence-electron chi connectivity index (χ2n) is 6.55. The van der Waals surface area contributed by atoms with Crippen LogP contribution < -0.4 is 11.1 Å². The molecule has 0 aromatic rings. The van der Waals surface area contributed by atoms with Gasteiger partial charge < -0.3 is 16.2 Å². The molecule has 0 unspecified atom stereocenters. The van der Waals surface area contributed by atoms with E-state index in [0.717, 1.165) is 44.4 Å². The number of hydrogen-bond donors (Lipinski definition) is 3. The van der Waals surface area contributed by atoms with E-state index in [1.54, 1.807) is 0 Å². The Bertz CT molecular complexity index is 303. The first-order valence-electron chi connectivity index (χ1n) is 7.86. The van der Waals surface area contributed by atoms with E-state index in [9.17, 15) is 5.11 Å². The van der Waals surface area contributed by atoms with E-state index in [0.29, 0.717) is 12.0 Å². The average Bonchev–Trinajstić information content (AvgIpc) is 2.43. The van der Waals surface area contributed by atoms with Crippen LogP contribution in [0.15, 0.2) is 4.99 Å². The molecule has 0 aromatic carbocycles. The number of nitrogens with zero attached hydrogens (tertiary/aromatic N) is 1. The van der Waals surface area contributed by atoms with E-state index in [2.05, 4.69) is 17.2 Å². The average molecular weight is 267 g/mol. The molecule has 4 nitrogen and oxygen atoms in total. The number of hydrogen-bond acceptors (Lipinski definition) is 2. The smallest absolute Gasteiger partial charge is 0.189 e. The van der Waals surface area contributed by atoms with Gasteiger partial charge in [-0.1, -0.05) is 26.2 Å². The van der Waals surface area contributed by atoms with E-state index < -0.39 is 0 Å². The number of aliphatic imine (C=N–C) groups is 1. The van der Waals surface area contributed by atoms with Crippen molar-refractivity contribution in [2.75, 3.05) is 6.61 Å². The van der Waals surface area contributed by atoms with Crippen molar-refractivity contribution in [3.05, 3.63) is 0 Å². The third-order valence-electron chi connectivity index (χ3n) is 4.82. The summed E-state index contributed by atoms with van der Waals surface area (Å²) in [5.74, 6) is 1.30. The summed E-state index contributed by atoms with van der Waals surface area (Å²) in [6, 6.07) is 0.388. The Labute approximate surface area is 116 Å². The largest absolute Gasteiger partial charge is 0.394 e. The Morgan fingerprint density at radius 1 is 1.21 bits per heavy atom. The molecular formula is C15H29N3O. The summed E-state index contributed by atoms with van der Waals surface area (Å²) in [5.41, 5.74) is 5.83. The van der Waals surface area contributed by atoms with Gasteiger partial charge in [-0.3, -0.25) is 4.99 Å². The van der Waals surface area contributed by atoms with Crippen molar-refractivity contribution in [3.8, 4) is 0 Å². The van der Waals surface area contributed by atoms with Gasteiger partial charge in [0.25, 0.3) is 0 Å². The monoisotopic (exact) mass is 267 g/mol. The second-order valence-corrected chi connectivity index (χ2v) is 6.55. The van der Waals surface area contributed by atoms with Crippen molar-refractivity contribution < 1.29 is 5.11 Å². The van der Waals surface area contributed by atoms with Crippen molar-refractivity contribution in [2.24, 2.45) is 16.6 Å². The van der Waals surface area contributed by atoms with Crippen LogP contribution in [-0.4, -0.2) is 29.3 Å². The fourth-order valence-electron chi connectivity index (χ4n) is 3.35. The Hall–Kier alpha value is -0.770. The van der Waals surface area contributed by atoms with Crippen LogP contribution in [0.3, 0.4) is 0 Å². The van der Waals surface area contributed by atoms with E-state index in [4.69, 9.17) is 5.73 Å². The van der Waals surface area contributed by atoms with Gasteiger partial charge in [-0.2, -0.15) is 0 Å². The summed E-state index contributed by atoms with van der Waals surface area (Å²) in [5, 5.41) is 13.0. The van der Waals surface area contributed by atoms with Gasteiger partial charge in [0.15, 0.2) is 5.96 Å². The minimum atomic E-state index is -0.227. The number of aliphatic hydroxyl groups excluding tert-OH is 1. The summed E-state index contributed by atoms with van der Waals surface area (Å²) < 4.78 is 0. The Balaban J connectivity index is 1.91. The normalized spacial score (nSPS) is 34.2. The molecule has 0 spiro atoms. The minimum absolute atomic E-state index is 0.153. The van der Waals surface area contributed by atoms with Crippen molar-refractivity contribution in [2.45, 2.75) is 76.3 Å². The molecule has 0 saturated heterocycles. The molecule has 0 aromatic heterocycles.